The Labute approximate surface area is 113 Å². The Balaban J connectivity index is 1.79. The van der Waals surface area contributed by atoms with Gasteiger partial charge in [0.05, 0.1) is 12.2 Å². The van der Waals surface area contributed by atoms with Crippen molar-refractivity contribution in [1.29, 1.82) is 0 Å². The lowest BCUT2D eigenvalue weighted by Gasteiger charge is -2.26. The molecule has 104 valence electrons. The number of para-hydroxylation sites is 2. The fourth-order valence-corrected chi connectivity index (χ4v) is 1.98. The van der Waals surface area contributed by atoms with Crippen molar-refractivity contribution in [2.45, 2.75) is 12.5 Å². The minimum atomic E-state index is -0.450. The summed E-state index contributed by atoms with van der Waals surface area (Å²) in [5.41, 5.74) is 0.944. The van der Waals surface area contributed by atoms with Gasteiger partial charge in [0, 0.05) is 6.54 Å². The van der Waals surface area contributed by atoms with Crippen LogP contribution in [-0.4, -0.2) is 50.6 Å². The first-order valence-electron chi connectivity index (χ1n) is 6.59. The maximum absolute atomic E-state index is 12.0. The average molecular weight is 263 g/mol. The summed E-state index contributed by atoms with van der Waals surface area (Å²) in [5, 5.41) is 6.12. The van der Waals surface area contributed by atoms with Gasteiger partial charge in [-0.25, -0.2) is 0 Å². The van der Waals surface area contributed by atoms with Crippen LogP contribution in [0, 0.1) is 0 Å². The number of carbonyl (C=O) groups excluding carboxylic acids is 1. The molecule has 1 atom stereocenters. The van der Waals surface area contributed by atoms with Crippen LogP contribution in [0.1, 0.15) is 6.42 Å². The minimum absolute atomic E-state index is 0.0549. The largest absolute Gasteiger partial charge is 0.477 e. The molecule has 1 aromatic rings. The number of hydrogen-bond donors (Lipinski definition) is 2. The second kappa shape index (κ2) is 6.43. The number of carbonyl (C=O) groups is 1. The zero-order valence-corrected chi connectivity index (χ0v) is 11.5. The lowest BCUT2D eigenvalue weighted by atomic mass is 10.2. The predicted octanol–water partition coefficient (Wildman–Crippen LogP) is 0.927. The maximum Gasteiger partial charge on any atom is 0.262 e. The number of hydrogen-bond acceptors (Lipinski definition) is 4. The summed E-state index contributed by atoms with van der Waals surface area (Å²) < 4.78 is 5.69. The third-order valence-electron chi connectivity index (χ3n) is 3.01. The van der Waals surface area contributed by atoms with Crippen LogP contribution >= 0.6 is 0 Å². The molecule has 0 aromatic heterocycles. The van der Waals surface area contributed by atoms with Gasteiger partial charge in [-0.2, -0.15) is 0 Å². The van der Waals surface area contributed by atoms with Crippen molar-refractivity contribution < 1.29 is 9.53 Å². The number of fused-ring (bicyclic) bond motifs is 1. The summed E-state index contributed by atoms with van der Waals surface area (Å²) in [5.74, 6) is 0.683. The molecule has 2 rings (SSSR count). The Morgan fingerprint density at radius 2 is 2.26 bits per heavy atom. The van der Waals surface area contributed by atoms with Gasteiger partial charge in [0.2, 0.25) is 0 Å². The molecule has 0 saturated heterocycles. The molecule has 0 bridgehead atoms. The monoisotopic (exact) mass is 263 g/mol. The van der Waals surface area contributed by atoms with Crippen molar-refractivity contribution in [3.63, 3.8) is 0 Å². The van der Waals surface area contributed by atoms with E-state index in [2.05, 4.69) is 15.5 Å². The van der Waals surface area contributed by atoms with Crippen molar-refractivity contribution in [1.82, 2.24) is 10.2 Å². The first-order valence-corrected chi connectivity index (χ1v) is 6.59. The molecule has 1 aliphatic rings. The van der Waals surface area contributed by atoms with Gasteiger partial charge in [-0.3, -0.25) is 4.79 Å². The first-order chi connectivity index (χ1) is 9.16. The van der Waals surface area contributed by atoms with E-state index in [1.54, 1.807) is 0 Å². The predicted molar refractivity (Wildman–Crippen MR) is 75.5 cm³/mol. The second-order valence-corrected chi connectivity index (χ2v) is 4.93. The third-order valence-corrected chi connectivity index (χ3v) is 3.01. The van der Waals surface area contributed by atoms with Gasteiger partial charge in [-0.15, -0.1) is 0 Å². The highest BCUT2D eigenvalue weighted by Crippen LogP contribution is 2.28. The number of ether oxygens (including phenoxy) is 1. The molecule has 0 aliphatic carbocycles. The normalized spacial score (nSPS) is 17.3. The van der Waals surface area contributed by atoms with Gasteiger partial charge >= 0.3 is 0 Å². The summed E-state index contributed by atoms with van der Waals surface area (Å²) in [6, 6.07) is 7.66. The van der Waals surface area contributed by atoms with E-state index in [1.165, 1.54) is 0 Å². The first kappa shape index (κ1) is 13.7. The lowest BCUT2D eigenvalue weighted by molar-refractivity contribution is -0.127. The van der Waals surface area contributed by atoms with Gasteiger partial charge in [0.1, 0.15) is 5.75 Å². The molecule has 0 spiro atoms. The Kier molecular flexibility index (Phi) is 4.63. The standard InChI is InChI=1S/C14H21N3O2/c1-17(2)9-5-8-15-14(18)13-10-16-11-6-3-4-7-12(11)19-13/h3-4,6-7,13,16H,5,8-10H2,1-2H3,(H,15,18). The third kappa shape index (κ3) is 3.86. The van der Waals surface area contributed by atoms with Crippen LogP contribution in [0.15, 0.2) is 24.3 Å². The van der Waals surface area contributed by atoms with E-state index in [0.717, 1.165) is 24.4 Å². The highest BCUT2D eigenvalue weighted by Gasteiger charge is 2.25. The maximum atomic E-state index is 12.0. The van der Waals surface area contributed by atoms with Crippen LogP contribution in [0.5, 0.6) is 5.75 Å². The van der Waals surface area contributed by atoms with Crippen molar-refractivity contribution >= 4 is 11.6 Å². The van der Waals surface area contributed by atoms with Crippen LogP contribution in [0.4, 0.5) is 5.69 Å². The van der Waals surface area contributed by atoms with Crippen LogP contribution in [0.25, 0.3) is 0 Å². The molecule has 2 N–H and O–H groups in total. The SMILES string of the molecule is CN(C)CCCNC(=O)C1CNc2ccccc2O1. The average Bonchev–Trinajstić information content (AvgIpc) is 2.42. The number of amides is 1. The summed E-state index contributed by atoms with van der Waals surface area (Å²) in [7, 11) is 4.04. The molecule has 1 aromatic carbocycles. The van der Waals surface area contributed by atoms with Crippen LogP contribution < -0.4 is 15.4 Å². The van der Waals surface area contributed by atoms with Gasteiger partial charge in [-0.05, 0) is 39.2 Å². The molecule has 1 heterocycles. The molecule has 0 radical (unpaired) electrons. The fourth-order valence-electron chi connectivity index (χ4n) is 1.98. The number of benzene rings is 1. The Bertz CT molecular complexity index is 434. The smallest absolute Gasteiger partial charge is 0.262 e. The van der Waals surface area contributed by atoms with Gasteiger partial charge in [-0.1, -0.05) is 12.1 Å². The second-order valence-electron chi connectivity index (χ2n) is 4.93. The van der Waals surface area contributed by atoms with E-state index in [0.29, 0.717) is 13.1 Å². The van der Waals surface area contributed by atoms with E-state index >= 15 is 0 Å². The molecule has 1 unspecified atom stereocenters. The van der Waals surface area contributed by atoms with E-state index in [4.69, 9.17) is 4.74 Å². The van der Waals surface area contributed by atoms with Crippen LogP contribution in [0.2, 0.25) is 0 Å². The highest BCUT2D eigenvalue weighted by atomic mass is 16.5. The molecule has 19 heavy (non-hydrogen) atoms. The molecule has 0 fully saturated rings. The Morgan fingerprint density at radius 3 is 3.05 bits per heavy atom. The molecular weight excluding hydrogens is 242 g/mol. The van der Waals surface area contributed by atoms with Crippen LogP contribution in [0.3, 0.4) is 0 Å². The Hall–Kier alpha value is -1.75. The van der Waals surface area contributed by atoms with Crippen molar-refractivity contribution in [3.8, 4) is 5.75 Å². The van der Waals surface area contributed by atoms with Crippen molar-refractivity contribution in [2.24, 2.45) is 0 Å². The highest BCUT2D eigenvalue weighted by molar-refractivity contribution is 5.83. The zero-order chi connectivity index (χ0) is 13.7. The van der Waals surface area contributed by atoms with Gasteiger partial charge in [0.15, 0.2) is 6.10 Å². The van der Waals surface area contributed by atoms with E-state index in [-0.39, 0.29) is 5.91 Å². The molecule has 0 saturated carbocycles. The van der Waals surface area contributed by atoms with Gasteiger partial charge in [0.25, 0.3) is 5.91 Å². The summed E-state index contributed by atoms with van der Waals surface area (Å²) >= 11 is 0. The quantitative estimate of drug-likeness (QED) is 0.776. The van der Waals surface area contributed by atoms with E-state index in [1.807, 2.05) is 38.4 Å². The molecular formula is C14H21N3O2. The summed E-state index contributed by atoms with van der Waals surface area (Å²) in [4.78, 5) is 14.1. The van der Waals surface area contributed by atoms with Gasteiger partial charge < -0.3 is 20.3 Å². The molecule has 5 nitrogen and oxygen atoms in total. The summed E-state index contributed by atoms with van der Waals surface area (Å²) in [6.45, 7) is 2.15. The number of nitrogens with zero attached hydrogens (tertiary/aromatic N) is 1. The van der Waals surface area contributed by atoms with Crippen molar-refractivity contribution in [2.75, 3.05) is 39.0 Å². The van der Waals surface area contributed by atoms with E-state index in [9.17, 15) is 4.79 Å². The molecule has 1 aliphatic heterocycles. The molecule has 1 amide bonds. The fraction of sp³-hybridized carbons (Fsp3) is 0.500. The number of rotatable bonds is 5. The topological polar surface area (TPSA) is 53.6 Å². The summed E-state index contributed by atoms with van der Waals surface area (Å²) in [6.07, 6.45) is 0.490. The minimum Gasteiger partial charge on any atom is -0.477 e. The van der Waals surface area contributed by atoms with E-state index < -0.39 is 6.10 Å². The number of anilines is 1. The van der Waals surface area contributed by atoms with Crippen molar-refractivity contribution in [3.05, 3.63) is 24.3 Å². The zero-order valence-electron chi connectivity index (χ0n) is 11.5. The van der Waals surface area contributed by atoms with Crippen LogP contribution in [-0.2, 0) is 4.79 Å². The molecule has 5 heteroatoms. The number of nitrogens with one attached hydrogen (secondary N) is 2. The Morgan fingerprint density at radius 1 is 1.47 bits per heavy atom. The lowest BCUT2D eigenvalue weighted by Crippen LogP contribution is -2.45.